The standard InChI is InChI=1S/C14H14FNO4S/c15-11-3-1-2-9-6-13(20-14(9)11)12(17)7-10-8-21(18,19)5-4-16-10/h1-3,6,10,16H,4-5,7-8H2. The molecule has 0 aliphatic carbocycles. The number of ketones is 1. The molecular weight excluding hydrogens is 297 g/mol. The largest absolute Gasteiger partial charge is 0.450 e. The molecule has 1 fully saturated rings. The molecule has 1 atom stereocenters. The third-order valence-electron chi connectivity index (χ3n) is 3.50. The highest BCUT2D eigenvalue weighted by atomic mass is 32.2. The van der Waals surface area contributed by atoms with E-state index in [-0.39, 0.29) is 35.1 Å². The van der Waals surface area contributed by atoms with Crippen LogP contribution in [0.25, 0.3) is 11.0 Å². The molecule has 0 saturated carbocycles. The number of benzene rings is 1. The molecule has 5 nitrogen and oxygen atoms in total. The summed E-state index contributed by atoms with van der Waals surface area (Å²) in [5.74, 6) is -0.772. The molecule has 7 heteroatoms. The van der Waals surface area contributed by atoms with Gasteiger partial charge in [0.15, 0.2) is 32.8 Å². The summed E-state index contributed by atoms with van der Waals surface area (Å²) in [6.07, 6.45) is 0.0146. The number of carbonyl (C=O) groups excluding carboxylic acids is 1. The van der Waals surface area contributed by atoms with Crippen molar-refractivity contribution in [1.82, 2.24) is 5.32 Å². The van der Waals surface area contributed by atoms with Crippen LogP contribution in [0.4, 0.5) is 4.39 Å². The number of fused-ring (bicyclic) bond motifs is 1. The molecule has 0 amide bonds. The summed E-state index contributed by atoms with van der Waals surface area (Å²) >= 11 is 0. The van der Waals surface area contributed by atoms with Crippen LogP contribution >= 0.6 is 0 Å². The molecule has 112 valence electrons. The van der Waals surface area contributed by atoms with E-state index >= 15 is 0 Å². The Kier molecular flexibility index (Phi) is 3.54. The zero-order chi connectivity index (χ0) is 15.0. The zero-order valence-corrected chi connectivity index (χ0v) is 12.0. The molecule has 1 aliphatic heterocycles. The van der Waals surface area contributed by atoms with Gasteiger partial charge in [0.1, 0.15) is 0 Å². The van der Waals surface area contributed by atoms with Gasteiger partial charge in [0.2, 0.25) is 0 Å². The number of para-hydroxylation sites is 1. The number of halogens is 1. The molecule has 1 aromatic heterocycles. The van der Waals surface area contributed by atoms with Gasteiger partial charge in [0, 0.05) is 24.4 Å². The van der Waals surface area contributed by atoms with Gasteiger partial charge in [-0.05, 0) is 12.1 Å². The molecule has 1 aliphatic rings. The van der Waals surface area contributed by atoms with Crippen molar-refractivity contribution in [2.45, 2.75) is 12.5 Å². The lowest BCUT2D eigenvalue weighted by Gasteiger charge is -2.22. The van der Waals surface area contributed by atoms with Gasteiger partial charge in [-0.15, -0.1) is 0 Å². The van der Waals surface area contributed by atoms with Crippen LogP contribution in [0.2, 0.25) is 0 Å². The van der Waals surface area contributed by atoms with E-state index in [1.54, 1.807) is 6.07 Å². The second-order valence-electron chi connectivity index (χ2n) is 5.16. The average Bonchev–Trinajstić information content (AvgIpc) is 2.83. The smallest absolute Gasteiger partial charge is 0.199 e. The Balaban J connectivity index is 1.79. The topological polar surface area (TPSA) is 76.4 Å². The molecule has 1 aromatic carbocycles. The number of sulfone groups is 1. The Morgan fingerprint density at radius 3 is 2.95 bits per heavy atom. The number of nitrogens with one attached hydrogen (secondary N) is 1. The van der Waals surface area contributed by atoms with E-state index in [4.69, 9.17) is 4.42 Å². The van der Waals surface area contributed by atoms with Gasteiger partial charge in [-0.2, -0.15) is 0 Å². The Hall–Kier alpha value is -1.73. The summed E-state index contributed by atoms with van der Waals surface area (Å²) in [6.45, 7) is 0.342. The van der Waals surface area contributed by atoms with Crippen LogP contribution < -0.4 is 5.32 Å². The van der Waals surface area contributed by atoms with E-state index in [9.17, 15) is 17.6 Å². The highest BCUT2D eigenvalue weighted by Gasteiger charge is 2.27. The molecule has 1 unspecified atom stereocenters. The average molecular weight is 311 g/mol. The Morgan fingerprint density at radius 1 is 1.43 bits per heavy atom. The Labute approximate surface area is 121 Å². The first-order chi connectivity index (χ1) is 9.94. The fourth-order valence-corrected chi connectivity index (χ4v) is 3.93. The van der Waals surface area contributed by atoms with E-state index in [1.807, 2.05) is 0 Å². The second-order valence-corrected chi connectivity index (χ2v) is 7.39. The number of rotatable bonds is 3. The van der Waals surface area contributed by atoms with Crippen LogP contribution in [-0.4, -0.2) is 38.3 Å². The monoisotopic (exact) mass is 311 g/mol. The van der Waals surface area contributed by atoms with E-state index in [1.165, 1.54) is 18.2 Å². The van der Waals surface area contributed by atoms with Crippen molar-refractivity contribution in [1.29, 1.82) is 0 Å². The first kappa shape index (κ1) is 14.2. The minimum atomic E-state index is -3.10. The summed E-state index contributed by atoms with van der Waals surface area (Å²) in [5, 5.41) is 3.52. The highest BCUT2D eigenvalue weighted by molar-refractivity contribution is 7.91. The van der Waals surface area contributed by atoms with Crippen molar-refractivity contribution in [3.8, 4) is 0 Å². The summed E-state index contributed by atoms with van der Waals surface area (Å²) in [4.78, 5) is 12.2. The first-order valence-electron chi connectivity index (χ1n) is 6.60. The second kappa shape index (κ2) is 5.23. The maximum Gasteiger partial charge on any atom is 0.199 e. The van der Waals surface area contributed by atoms with E-state index in [0.29, 0.717) is 11.9 Å². The van der Waals surface area contributed by atoms with Crippen LogP contribution in [0.15, 0.2) is 28.7 Å². The van der Waals surface area contributed by atoms with Crippen molar-refractivity contribution in [2.24, 2.45) is 0 Å². The van der Waals surface area contributed by atoms with Gasteiger partial charge in [-0.1, -0.05) is 12.1 Å². The van der Waals surface area contributed by atoms with Gasteiger partial charge in [0.25, 0.3) is 0 Å². The third-order valence-corrected chi connectivity index (χ3v) is 5.24. The minimum absolute atomic E-state index is 0.0146. The molecule has 0 bridgehead atoms. The number of furan rings is 1. The van der Waals surface area contributed by atoms with Crippen molar-refractivity contribution in [3.63, 3.8) is 0 Å². The number of Topliss-reactive ketones (excluding diaryl/α,β-unsaturated/α-hetero) is 1. The van der Waals surface area contributed by atoms with Gasteiger partial charge in [0.05, 0.1) is 11.5 Å². The molecule has 2 aromatic rings. The normalized spacial score (nSPS) is 21.5. The van der Waals surface area contributed by atoms with E-state index in [0.717, 1.165) is 0 Å². The van der Waals surface area contributed by atoms with Crippen molar-refractivity contribution < 1.29 is 22.0 Å². The number of carbonyl (C=O) groups is 1. The molecule has 0 radical (unpaired) electrons. The quantitative estimate of drug-likeness (QED) is 0.870. The summed E-state index contributed by atoms with van der Waals surface area (Å²) < 4.78 is 41.9. The van der Waals surface area contributed by atoms with Crippen molar-refractivity contribution >= 4 is 26.6 Å². The lowest BCUT2D eigenvalue weighted by atomic mass is 10.1. The number of hydrogen-bond donors (Lipinski definition) is 1. The maximum atomic E-state index is 13.5. The summed E-state index contributed by atoms with van der Waals surface area (Å²) in [7, 11) is -3.10. The fraction of sp³-hybridized carbons (Fsp3) is 0.357. The Morgan fingerprint density at radius 2 is 2.24 bits per heavy atom. The van der Waals surface area contributed by atoms with Gasteiger partial charge in [-0.3, -0.25) is 4.79 Å². The van der Waals surface area contributed by atoms with E-state index in [2.05, 4.69) is 5.32 Å². The summed E-state index contributed by atoms with van der Waals surface area (Å²) in [5.41, 5.74) is 0.0464. The van der Waals surface area contributed by atoms with Crippen LogP contribution in [0.1, 0.15) is 17.0 Å². The summed E-state index contributed by atoms with van der Waals surface area (Å²) in [6, 6.07) is 5.51. The Bertz CT molecular complexity index is 796. The number of hydrogen-bond acceptors (Lipinski definition) is 5. The fourth-order valence-electron chi connectivity index (χ4n) is 2.49. The molecule has 2 heterocycles. The van der Waals surface area contributed by atoms with Crippen molar-refractivity contribution in [3.05, 3.63) is 35.8 Å². The molecular formula is C14H14FNO4S. The predicted octanol–water partition coefficient (Wildman–Crippen LogP) is 1.53. The minimum Gasteiger partial charge on any atom is -0.450 e. The molecule has 1 saturated heterocycles. The SMILES string of the molecule is O=C(CC1CS(=O)(=O)CCN1)c1cc2cccc(F)c2o1. The van der Waals surface area contributed by atoms with Crippen LogP contribution in [0, 0.1) is 5.82 Å². The zero-order valence-electron chi connectivity index (χ0n) is 11.1. The van der Waals surface area contributed by atoms with E-state index < -0.39 is 21.7 Å². The van der Waals surface area contributed by atoms with Crippen LogP contribution in [-0.2, 0) is 9.84 Å². The van der Waals surface area contributed by atoms with Crippen LogP contribution in [0.3, 0.4) is 0 Å². The third kappa shape index (κ3) is 2.98. The first-order valence-corrected chi connectivity index (χ1v) is 8.42. The van der Waals surface area contributed by atoms with Gasteiger partial charge in [-0.25, -0.2) is 12.8 Å². The lowest BCUT2D eigenvalue weighted by Crippen LogP contribution is -2.45. The predicted molar refractivity (Wildman–Crippen MR) is 75.6 cm³/mol. The van der Waals surface area contributed by atoms with Gasteiger partial charge < -0.3 is 9.73 Å². The maximum absolute atomic E-state index is 13.5. The van der Waals surface area contributed by atoms with Gasteiger partial charge >= 0.3 is 0 Å². The highest BCUT2D eigenvalue weighted by Crippen LogP contribution is 2.23. The molecule has 1 N–H and O–H groups in total. The van der Waals surface area contributed by atoms with Crippen LogP contribution in [0.5, 0.6) is 0 Å². The van der Waals surface area contributed by atoms with Crippen molar-refractivity contribution in [2.75, 3.05) is 18.1 Å². The molecule has 3 rings (SSSR count). The lowest BCUT2D eigenvalue weighted by molar-refractivity contribution is 0.0946. The molecule has 21 heavy (non-hydrogen) atoms. The molecule has 0 spiro atoms.